The highest BCUT2D eigenvalue weighted by Crippen LogP contribution is 2.24. The van der Waals surface area contributed by atoms with Crippen molar-refractivity contribution in [2.24, 2.45) is 0 Å². The summed E-state index contributed by atoms with van der Waals surface area (Å²) in [4.78, 5) is 50.1. The van der Waals surface area contributed by atoms with Gasteiger partial charge in [0.1, 0.15) is 30.0 Å². The molecule has 0 spiro atoms. The Bertz CT molecular complexity index is 806. The lowest BCUT2D eigenvalue weighted by molar-refractivity contribution is -0.144. The second kappa shape index (κ2) is 11.2. The van der Waals surface area contributed by atoms with E-state index < -0.39 is 54.7 Å². The van der Waals surface area contributed by atoms with Crippen molar-refractivity contribution in [1.82, 2.24) is 15.5 Å². The summed E-state index contributed by atoms with van der Waals surface area (Å²) in [6.45, 7) is 3.72. The average Bonchev–Trinajstić information content (AvgIpc) is 2.68. The largest absolute Gasteiger partial charge is 0.508 e. The van der Waals surface area contributed by atoms with Crippen molar-refractivity contribution >= 4 is 23.9 Å². The van der Waals surface area contributed by atoms with E-state index >= 15 is 0 Å². The molecule has 3 amide bonds. The Morgan fingerprint density at radius 2 is 1.84 bits per heavy atom. The predicted molar refractivity (Wildman–Crippen MR) is 109 cm³/mol. The first-order valence-electron chi connectivity index (χ1n) is 9.40. The molecule has 0 aliphatic carbocycles. The Labute approximate surface area is 180 Å². The van der Waals surface area contributed by atoms with E-state index in [9.17, 15) is 29.4 Å². The number of hydrogen-bond acceptors (Lipinski definition) is 8. The summed E-state index contributed by atoms with van der Waals surface area (Å²) in [7, 11) is 2.44. The van der Waals surface area contributed by atoms with Crippen molar-refractivity contribution in [1.29, 1.82) is 0 Å². The predicted octanol–water partition coefficient (Wildman–Crippen LogP) is 0.0665. The van der Waals surface area contributed by atoms with Gasteiger partial charge in [-0.3, -0.25) is 14.4 Å². The van der Waals surface area contributed by atoms with Crippen LogP contribution < -0.4 is 10.6 Å². The van der Waals surface area contributed by atoms with Gasteiger partial charge in [0.2, 0.25) is 11.8 Å². The van der Waals surface area contributed by atoms with Crippen LogP contribution in [0.2, 0.25) is 0 Å². The molecule has 2 atom stereocenters. The Kier molecular flexibility index (Phi) is 9.25. The van der Waals surface area contributed by atoms with Crippen LogP contribution in [0.4, 0.5) is 4.79 Å². The first-order valence-corrected chi connectivity index (χ1v) is 9.40. The third kappa shape index (κ3) is 8.13. The molecule has 0 aromatic heterocycles. The fourth-order valence-corrected chi connectivity index (χ4v) is 2.58. The first kappa shape index (κ1) is 25.7. The minimum atomic E-state index is -1.40. The molecule has 0 bridgehead atoms. The van der Waals surface area contributed by atoms with Gasteiger partial charge in [0, 0.05) is 7.05 Å². The quantitative estimate of drug-likeness (QED) is 0.415. The Morgan fingerprint density at radius 3 is 2.35 bits per heavy atom. The molecule has 0 saturated carbocycles. The molecule has 0 fully saturated rings. The van der Waals surface area contributed by atoms with E-state index in [0.29, 0.717) is 0 Å². The van der Waals surface area contributed by atoms with Gasteiger partial charge in [-0.25, -0.2) is 4.79 Å². The van der Waals surface area contributed by atoms with E-state index in [1.54, 1.807) is 20.8 Å². The number of amides is 3. The zero-order chi connectivity index (χ0) is 23.8. The number of carbonyl (C=O) groups excluding carboxylic acids is 4. The maximum atomic E-state index is 12.9. The standard InChI is InChI=1S/C20H29N3O8/c1-20(2,3)31-19(29)22-14(11-24)18(28)23(4)16(12-7-6-8-13(25)9-12)17(27)21-10-15(26)30-5/h6-9,14,16,24-25H,10-11H2,1-5H3,(H,21,27)(H,22,29). The molecule has 0 heterocycles. The summed E-state index contributed by atoms with van der Waals surface area (Å²) >= 11 is 0. The van der Waals surface area contributed by atoms with E-state index in [0.717, 1.165) is 12.0 Å². The number of benzene rings is 1. The fraction of sp³-hybridized carbons (Fsp3) is 0.500. The molecular weight excluding hydrogens is 410 g/mol. The minimum Gasteiger partial charge on any atom is -0.508 e. The van der Waals surface area contributed by atoms with Crippen LogP contribution in [0.25, 0.3) is 0 Å². The van der Waals surface area contributed by atoms with Crippen LogP contribution in [0.15, 0.2) is 24.3 Å². The molecule has 1 rings (SSSR count). The maximum absolute atomic E-state index is 12.9. The van der Waals surface area contributed by atoms with Gasteiger partial charge in [0.25, 0.3) is 0 Å². The van der Waals surface area contributed by atoms with Crippen LogP contribution in [-0.2, 0) is 23.9 Å². The van der Waals surface area contributed by atoms with Gasteiger partial charge in [-0.2, -0.15) is 0 Å². The molecule has 11 heteroatoms. The number of esters is 1. The van der Waals surface area contributed by atoms with E-state index in [-0.39, 0.29) is 11.3 Å². The van der Waals surface area contributed by atoms with Crippen molar-refractivity contribution in [2.45, 2.75) is 38.5 Å². The molecule has 11 nitrogen and oxygen atoms in total. The number of phenolic OH excluding ortho intramolecular Hbond substituents is 1. The molecule has 1 aromatic rings. The highest BCUT2D eigenvalue weighted by atomic mass is 16.6. The zero-order valence-electron chi connectivity index (χ0n) is 18.2. The summed E-state index contributed by atoms with van der Waals surface area (Å²) in [6.07, 6.45) is -0.919. The topological polar surface area (TPSA) is 154 Å². The highest BCUT2D eigenvalue weighted by molar-refractivity contribution is 5.93. The normalized spacial score (nSPS) is 12.8. The fourth-order valence-electron chi connectivity index (χ4n) is 2.58. The summed E-state index contributed by atoms with van der Waals surface area (Å²) in [5, 5.41) is 24.0. The number of likely N-dealkylation sites (N-methyl/N-ethyl adjacent to an activating group) is 1. The van der Waals surface area contributed by atoms with Crippen LogP contribution in [-0.4, -0.2) is 77.9 Å². The summed E-state index contributed by atoms with van der Waals surface area (Å²) in [5.74, 6) is -2.37. The average molecular weight is 439 g/mol. The van der Waals surface area contributed by atoms with E-state index in [4.69, 9.17) is 4.74 Å². The van der Waals surface area contributed by atoms with Gasteiger partial charge in [0.05, 0.1) is 13.7 Å². The molecule has 1 aromatic carbocycles. The van der Waals surface area contributed by atoms with Crippen LogP contribution in [0.5, 0.6) is 5.75 Å². The molecule has 4 N–H and O–H groups in total. The lowest BCUT2D eigenvalue weighted by atomic mass is 10.0. The Hall–Kier alpha value is -3.34. The van der Waals surface area contributed by atoms with Crippen molar-refractivity contribution in [3.05, 3.63) is 29.8 Å². The smallest absolute Gasteiger partial charge is 0.408 e. The number of aromatic hydroxyl groups is 1. The minimum absolute atomic E-state index is 0.144. The van der Waals surface area contributed by atoms with Gasteiger partial charge >= 0.3 is 12.1 Å². The lowest BCUT2D eigenvalue weighted by Gasteiger charge is -2.31. The second-order valence-corrected chi connectivity index (χ2v) is 7.62. The summed E-state index contributed by atoms with van der Waals surface area (Å²) < 4.78 is 9.57. The number of methoxy groups -OCH3 is 1. The van der Waals surface area contributed by atoms with Gasteiger partial charge in [-0.1, -0.05) is 12.1 Å². The molecule has 172 valence electrons. The van der Waals surface area contributed by atoms with Crippen molar-refractivity contribution < 1.29 is 38.9 Å². The number of carbonyl (C=O) groups is 4. The number of nitrogens with one attached hydrogen (secondary N) is 2. The number of aliphatic hydroxyl groups is 1. The van der Waals surface area contributed by atoms with E-state index in [1.165, 1.54) is 31.3 Å². The van der Waals surface area contributed by atoms with Gasteiger partial charge in [-0.15, -0.1) is 0 Å². The molecule has 0 saturated heterocycles. The van der Waals surface area contributed by atoms with Crippen LogP contribution in [0, 0.1) is 0 Å². The lowest BCUT2D eigenvalue weighted by Crippen LogP contribution is -2.53. The summed E-state index contributed by atoms with van der Waals surface area (Å²) in [6, 6.07) is 2.97. The van der Waals surface area contributed by atoms with E-state index in [1.807, 2.05) is 0 Å². The number of aliphatic hydroxyl groups excluding tert-OH is 1. The molecule has 2 unspecified atom stereocenters. The van der Waals surface area contributed by atoms with Crippen LogP contribution >= 0.6 is 0 Å². The maximum Gasteiger partial charge on any atom is 0.408 e. The number of phenols is 1. The molecule has 0 aliphatic rings. The van der Waals surface area contributed by atoms with Gasteiger partial charge < -0.3 is 35.2 Å². The Morgan fingerprint density at radius 1 is 1.19 bits per heavy atom. The number of ether oxygens (including phenoxy) is 2. The molecule has 0 radical (unpaired) electrons. The van der Waals surface area contributed by atoms with Crippen molar-refractivity contribution in [3.8, 4) is 5.75 Å². The number of nitrogens with zero attached hydrogens (tertiary/aromatic N) is 1. The Balaban J connectivity index is 3.12. The molecule has 31 heavy (non-hydrogen) atoms. The van der Waals surface area contributed by atoms with Crippen LogP contribution in [0.3, 0.4) is 0 Å². The molecular formula is C20H29N3O8. The van der Waals surface area contributed by atoms with Gasteiger partial charge in [-0.05, 0) is 38.5 Å². The third-order valence-corrected chi connectivity index (χ3v) is 3.98. The number of alkyl carbamates (subject to hydrolysis) is 1. The number of rotatable bonds is 8. The SMILES string of the molecule is COC(=O)CNC(=O)C(c1cccc(O)c1)N(C)C(=O)C(CO)NC(=O)OC(C)(C)C. The van der Waals surface area contributed by atoms with Crippen molar-refractivity contribution in [3.63, 3.8) is 0 Å². The van der Waals surface area contributed by atoms with Crippen LogP contribution in [0.1, 0.15) is 32.4 Å². The first-order chi connectivity index (χ1) is 14.4. The zero-order valence-corrected chi connectivity index (χ0v) is 18.2. The monoisotopic (exact) mass is 439 g/mol. The molecule has 0 aliphatic heterocycles. The third-order valence-electron chi connectivity index (χ3n) is 3.98. The van der Waals surface area contributed by atoms with E-state index in [2.05, 4.69) is 15.4 Å². The van der Waals surface area contributed by atoms with Crippen molar-refractivity contribution in [2.75, 3.05) is 27.3 Å². The second-order valence-electron chi connectivity index (χ2n) is 7.62. The van der Waals surface area contributed by atoms with Gasteiger partial charge in [0.15, 0.2) is 0 Å². The highest BCUT2D eigenvalue weighted by Gasteiger charge is 2.34. The number of hydrogen-bond donors (Lipinski definition) is 4. The summed E-state index contributed by atoms with van der Waals surface area (Å²) in [5.41, 5.74) is -0.580.